The molecule has 0 aromatic heterocycles. The van der Waals surface area contributed by atoms with Gasteiger partial charge in [-0.1, -0.05) is 12.8 Å². The number of carbonyl (C=O) groups excluding carboxylic acids is 1. The van der Waals surface area contributed by atoms with E-state index >= 15 is 0 Å². The summed E-state index contributed by atoms with van der Waals surface area (Å²) in [5.41, 5.74) is 1.36. The number of amides is 1. The number of hydrogen-bond acceptors (Lipinski definition) is 2. The van der Waals surface area contributed by atoms with Gasteiger partial charge in [0.15, 0.2) is 0 Å². The molecule has 3 nitrogen and oxygen atoms in total. The lowest BCUT2D eigenvalue weighted by Gasteiger charge is -2.39. The average Bonchev–Trinajstić information content (AvgIpc) is 2.45. The molecule has 0 bridgehead atoms. The number of rotatable bonds is 2. The van der Waals surface area contributed by atoms with Gasteiger partial charge in [0, 0.05) is 11.7 Å². The predicted molar refractivity (Wildman–Crippen MR) is 81.7 cm³/mol. The van der Waals surface area contributed by atoms with Gasteiger partial charge in [-0.25, -0.2) is 4.39 Å². The molecule has 3 rings (SSSR count). The van der Waals surface area contributed by atoms with Crippen LogP contribution in [0.1, 0.15) is 44.1 Å². The van der Waals surface area contributed by atoms with Crippen molar-refractivity contribution in [3.05, 3.63) is 29.6 Å². The Kier molecular flexibility index (Phi) is 4.24. The number of piperidine rings is 1. The summed E-state index contributed by atoms with van der Waals surface area (Å²) in [5, 5.41) is 6.35. The van der Waals surface area contributed by atoms with Crippen molar-refractivity contribution >= 4 is 11.6 Å². The van der Waals surface area contributed by atoms with Gasteiger partial charge in [-0.2, -0.15) is 0 Å². The van der Waals surface area contributed by atoms with E-state index in [4.69, 9.17) is 0 Å². The molecule has 2 aliphatic rings. The standard InChI is InChI=1S/C17H23FN2O/c1-11-8-13(18)10-14(9-11)19-17(21)16-7-6-12-4-2-3-5-15(12)20-16/h8-10,12,15-16,20H,2-7H2,1H3,(H,19,21). The number of aryl methyl sites for hydroxylation is 1. The lowest BCUT2D eigenvalue weighted by molar-refractivity contribution is -0.119. The van der Waals surface area contributed by atoms with Crippen molar-refractivity contribution in [3.8, 4) is 0 Å². The van der Waals surface area contributed by atoms with Crippen LogP contribution in [-0.4, -0.2) is 18.0 Å². The lowest BCUT2D eigenvalue weighted by Crippen LogP contribution is -2.53. The Labute approximate surface area is 125 Å². The van der Waals surface area contributed by atoms with Gasteiger partial charge in [0.25, 0.3) is 0 Å². The Morgan fingerprint density at radius 2 is 2.00 bits per heavy atom. The first-order valence-electron chi connectivity index (χ1n) is 7.96. The highest BCUT2D eigenvalue weighted by atomic mass is 19.1. The molecule has 114 valence electrons. The van der Waals surface area contributed by atoms with Crippen molar-refractivity contribution < 1.29 is 9.18 Å². The van der Waals surface area contributed by atoms with Gasteiger partial charge in [-0.15, -0.1) is 0 Å². The van der Waals surface area contributed by atoms with Gasteiger partial charge in [0.1, 0.15) is 5.82 Å². The molecular formula is C17H23FN2O. The fourth-order valence-corrected chi connectivity index (χ4v) is 3.74. The first kappa shape index (κ1) is 14.5. The Bertz CT molecular complexity index is 511. The first-order chi connectivity index (χ1) is 10.1. The highest BCUT2D eigenvalue weighted by molar-refractivity contribution is 5.95. The summed E-state index contributed by atoms with van der Waals surface area (Å²) >= 11 is 0. The van der Waals surface area contributed by atoms with Crippen LogP contribution < -0.4 is 10.6 Å². The SMILES string of the molecule is Cc1cc(F)cc(NC(=O)C2CCC3CCCCC3N2)c1. The van der Waals surface area contributed by atoms with Gasteiger partial charge in [-0.05, 0) is 62.3 Å². The van der Waals surface area contributed by atoms with Crippen LogP contribution in [-0.2, 0) is 4.79 Å². The fraction of sp³-hybridized carbons (Fsp3) is 0.588. The Morgan fingerprint density at radius 3 is 2.81 bits per heavy atom. The molecule has 1 aliphatic carbocycles. The molecule has 2 fully saturated rings. The van der Waals surface area contributed by atoms with Gasteiger partial charge < -0.3 is 10.6 Å². The summed E-state index contributed by atoms with van der Waals surface area (Å²) in [4.78, 5) is 12.4. The third kappa shape index (κ3) is 3.43. The van der Waals surface area contributed by atoms with Crippen LogP contribution in [0.2, 0.25) is 0 Å². The van der Waals surface area contributed by atoms with Crippen molar-refractivity contribution in [2.75, 3.05) is 5.32 Å². The molecule has 1 heterocycles. The van der Waals surface area contributed by atoms with Crippen LogP contribution in [0.4, 0.5) is 10.1 Å². The van der Waals surface area contributed by atoms with E-state index in [-0.39, 0.29) is 17.8 Å². The monoisotopic (exact) mass is 290 g/mol. The van der Waals surface area contributed by atoms with Crippen LogP contribution in [0.3, 0.4) is 0 Å². The van der Waals surface area contributed by atoms with E-state index in [1.54, 1.807) is 6.07 Å². The quantitative estimate of drug-likeness (QED) is 0.876. The molecule has 2 N–H and O–H groups in total. The number of halogens is 1. The summed E-state index contributed by atoms with van der Waals surface area (Å²) in [6.07, 6.45) is 7.04. The van der Waals surface area contributed by atoms with Gasteiger partial charge in [0.05, 0.1) is 6.04 Å². The summed E-state index contributed by atoms with van der Waals surface area (Å²) in [5.74, 6) is 0.387. The molecule has 4 heteroatoms. The first-order valence-corrected chi connectivity index (χ1v) is 7.96. The molecular weight excluding hydrogens is 267 g/mol. The molecule has 3 unspecified atom stereocenters. The molecule has 0 spiro atoms. The van der Waals surface area contributed by atoms with Gasteiger partial charge in [0.2, 0.25) is 5.91 Å². The minimum absolute atomic E-state index is 0.0379. The molecule has 21 heavy (non-hydrogen) atoms. The van der Waals surface area contributed by atoms with E-state index in [0.717, 1.165) is 24.3 Å². The third-order valence-corrected chi connectivity index (χ3v) is 4.78. The predicted octanol–water partition coefficient (Wildman–Crippen LogP) is 3.38. The molecule has 1 aromatic rings. The maximum Gasteiger partial charge on any atom is 0.241 e. The summed E-state index contributed by atoms with van der Waals surface area (Å²) in [6.45, 7) is 1.82. The number of benzene rings is 1. The zero-order valence-corrected chi connectivity index (χ0v) is 12.5. The molecule has 1 aliphatic heterocycles. The van der Waals surface area contributed by atoms with Crippen LogP contribution in [0, 0.1) is 18.7 Å². The van der Waals surface area contributed by atoms with Crippen molar-refractivity contribution in [1.29, 1.82) is 0 Å². The van der Waals surface area contributed by atoms with Crippen LogP contribution >= 0.6 is 0 Å². The molecule has 0 radical (unpaired) electrons. The van der Waals surface area contributed by atoms with Crippen LogP contribution in [0.15, 0.2) is 18.2 Å². The smallest absolute Gasteiger partial charge is 0.241 e. The van der Waals surface area contributed by atoms with Crippen molar-refractivity contribution in [2.24, 2.45) is 5.92 Å². The molecule has 1 amide bonds. The minimum atomic E-state index is -0.311. The van der Waals surface area contributed by atoms with Crippen LogP contribution in [0.5, 0.6) is 0 Å². The highest BCUT2D eigenvalue weighted by Crippen LogP contribution is 2.32. The maximum atomic E-state index is 13.4. The molecule has 3 atom stereocenters. The van der Waals surface area contributed by atoms with Crippen LogP contribution in [0.25, 0.3) is 0 Å². The Morgan fingerprint density at radius 1 is 1.19 bits per heavy atom. The van der Waals surface area contributed by atoms with E-state index in [1.807, 2.05) is 6.92 Å². The second-order valence-electron chi connectivity index (χ2n) is 6.45. The maximum absolute atomic E-state index is 13.4. The van der Waals surface area contributed by atoms with Gasteiger partial charge >= 0.3 is 0 Å². The summed E-state index contributed by atoms with van der Waals surface area (Å²) in [6, 6.07) is 4.97. The second-order valence-corrected chi connectivity index (χ2v) is 6.45. The summed E-state index contributed by atoms with van der Waals surface area (Å²) in [7, 11) is 0. The Balaban J connectivity index is 1.62. The van der Waals surface area contributed by atoms with Crippen molar-refractivity contribution in [3.63, 3.8) is 0 Å². The molecule has 1 aromatic carbocycles. The fourth-order valence-electron chi connectivity index (χ4n) is 3.74. The Hall–Kier alpha value is -1.42. The van der Waals surface area contributed by atoms with E-state index in [9.17, 15) is 9.18 Å². The van der Waals surface area contributed by atoms with E-state index in [0.29, 0.717) is 11.7 Å². The van der Waals surface area contributed by atoms with E-state index in [1.165, 1.54) is 37.8 Å². The molecule has 1 saturated carbocycles. The average molecular weight is 290 g/mol. The largest absolute Gasteiger partial charge is 0.325 e. The zero-order chi connectivity index (χ0) is 14.8. The van der Waals surface area contributed by atoms with E-state index < -0.39 is 0 Å². The van der Waals surface area contributed by atoms with Gasteiger partial charge in [-0.3, -0.25) is 4.79 Å². The highest BCUT2D eigenvalue weighted by Gasteiger charge is 2.34. The zero-order valence-electron chi connectivity index (χ0n) is 12.5. The second kappa shape index (κ2) is 6.14. The number of anilines is 1. The topological polar surface area (TPSA) is 41.1 Å². The number of nitrogens with one attached hydrogen (secondary N) is 2. The van der Waals surface area contributed by atoms with Crippen molar-refractivity contribution in [2.45, 2.75) is 57.5 Å². The lowest BCUT2D eigenvalue weighted by atomic mass is 9.77. The van der Waals surface area contributed by atoms with E-state index in [2.05, 4.69) is 10.6 Å². The molecule has 1 saturated heterocycles. The third-order valence-electron chi connectivity index (χ3n) is 4.78. The summed E-state index contributed by atoms with van der Waals surface area (Å²) < 4.78 is 13.4. The van der Waals surface area contributed by atoms with Crippen molar-refractivity contribution in [1.82, 2.24) is 5.32 Å². The minimum Gasteiger partial charge on any atom is -0.325 e. The normalized spacial score (nSPS) is 28.8. The number of hydrogen-bond donors (Lipinski definition) is 2. The number of carbonyl (C=O) groups is 1. The number of fused-ring (bicyclic) bond motifs is 1.